The summed E-state index contributed by atoms with van der Waals surface area (Å²) in [6.07, 6.45) is 1.19. The Labute approximate surface area is 147 Å². The van der Waals surface area contributed by atoms with Gasteiger partial charge in [0.05, 0.1) is 37.3 Å². The second-order valence-corrected chi connectivity index (χ2v) is 8.57. The van der Waals surface area contributed by atoms with Crippen LogP contribution >= 0.6 is 0 Å². The number of rotatable bonds is 6. The minimum absolute atomic E-state index is 0.0394. The Morgan fingerprint density at radius 2 is 2.00 bits per heavy atom. The van der Waals surface area contributed by atoms with Crippen molar-refractivity contribution in [2.45, 2.75) is 46.4 Å². The molecular formula is C15H25N5O4S. The van der Waals surface area contributed by atoms with Crippen LogP contribution in [0.5, 0.6) is 0 Å². The summed E-state index contributed by atoms with van der Waals surface area (Å²) in [5.41, 5.74) is 1.45. The predicted molar refractivity (Wildman–Crippen MR) is 91.8 cm³/mol. The van der Waals surface area contributed by atoms with E-state index in [4.69, 9.17) is 0 Å². The fourth-order valence-corrected chi connectivity index (χ4v) is 3.49. The van der Waals surface area contributed by atoms with Gasteiger partial charge < -0.3 is 10.6 Å². The van der Waals surface area contributed by atoms with Crippen molar-refractivity contribution in [1.29, 1.82) is 0 Å². The molecule has 9 nitrogen and oxygen atoms in total. The molecule has 0 aromatic carbocycles. The van der Waals surface area contributed by atoms with Crippen LogP contribution in [0.1, 0.15) is 32.2 Å². The van der Waals surface area contributed by atoms with Gasteiger partial charge in [-0.15, -0.1) is 0 Å². The third kappa shape index (κ3) is 5.02. The van der Waals surface area contributed by atoms with Gasteiger partial charge in [0.25, 0.3) is 0 Å². The fraction of sp³-hybridized carbons (Fsp3) is 0.667. The van der Waals surface area contributed by atoms with E-state index in [9.17, 15) is 18.0 Å². The van der Waals surface area contributed by atoms with E-state index in [0.29, 0.717) is 18.8 Å². The van der Waals surface area contributed by atoms with Crippen LogP contribution < -0.4 is 10.6 Å². The van der Waals surface area contributed by atoms with Gasteiger partial charge in [0.1, 0.15) is 6.04 Å². The van der Waals surface area contributed by atoms with E-state index in [1.54, 1.807) is 10.7 Å². The maximum atomic E-state index is 12.3. The number of aromatic nitrogens is 2. The van der Waals surface area contributed by atoms with Crippen molar-refractivity contribution in [3.63, 3.8) is 0 Å². The molecule has 0 bridgehead atoms. The summed E-state index contributed by atoms with van der Waals surface area (Å²) in [7, 11) is -3.24. The molecule has 140 valence electrons. The molecule has 2 heterocycles. The summed E-state index contributed by atoms with van der Waals surface area (Å²) in [5, 5.41) is 9.81. The highest BCUT2D eigenvalue weighted by Gasteiger charge is 2.26. The molecule has 25 heavy (non-hydrogen) atoms. The lowest BCUT2D eigenvalue weighted by molar-refractivity contribution is -0.129. The number of carbonyl (C=O) groups is 2. The summed E-state index contributed by atoms with van der Waals surface area (Å²) in [5.74, 6) is -0.566. The van der Waals surface area contributed by atoms with Gasteiger partial charge in [-0.1, -0.05) is 13.8 Å². The Kier molecular flexibility index (Phi) is 5.83. The first-order valence-corrected chi connectivity index (χ1v) is 9.98. The molecule has 2 amide bonds. The zero-order valence-electron chi connectivity index (χ0n) is 14.9. The van der Waals surface area contributed by atoms with Gasteiger partial charge in [-0.2, -0.15) is 9.40 Å². The highest BCUT2D eigenvalue weighted by Crippen LogP contribution is 2.16. The number of fused-ring (bicyclic) bond motifs is 1. The summed E-state index contributed by atoms with van der Waals surface area (Å²) in [4.78, 5) is 23.5. The number of nitrogens with zero attached hydrogens (tertiary/aromatic N) is 3. The molecule has 2 rings (SSSR count). The molecule has 1 unspecified atom stereocenters. The lowest BCUT2D eigenvalue weighted by Crippen LogP contribution is -2.48. The van der Waals surface area contributed by atoms with Crippen LogP contribution in [0.25, 0.3) is 0 Å². The van der Waals surface area contributed by atoms with Gasteiger partial charge in [-0.25, -0.2) is 8.42 Å². The molecule has 0 saturated heterocycles. The summed E-state index contributed by atoms with van der Waals surface area (Å²) >= 11 is 0. The number of hydrogen-bond donors (Lipinski definition) is 2. The second-order valence-electron chi connectivity index (χ2n) is 6.59. The first kappa shape index (κ1) is 19.4. The van der Waals surface area contributed by atoms with Crippen molar-refractivity contribution in [2.24, 2.45) is 5.92 Å². The first-order valence-electron chi connectivity index (χ1n) is 8.13. The largest absolute Gasteiger partial charge is 0.349 e. The maximum absolute atomic E-state index is 12.3. The van der Waals surface area contributed by atoms with Crippen molar-refractivity contribution < 1.29 is 18.0 Å². The predicted octanol–water partition coefficient (Wildman–Crippen LogP) is -0.565. The van der Waals surface area contributed by atoms with Crippen LogP contribution in [0.3, 0.4) is 0 Å². The van der Waals surface area contributed by atoms with Crippen molar-refractivity contribution >= 4 is 21.8 Å². The fourth-order valence-electron chi connectivity index (χ4n) is 2.71. The van der Waals surface area contributed by atoms with Gasteiger partial charge in [-0.05, 0) is 12.0 Å². The number of nitrogens with one attached hydrogen (secondary N) is 2. The summed E-state index contributed by atoms with van der Waals surface area (Å²) in [6, 6.07) is 1.19. The molecule has 0 saturated carbocycles. The normalized spacial score (nSPS) is 16.4. The third-order valence-electron chi connectivity index (χ3n) is 4.03. The average molecular weight is 371 g/mol. The molecule has 1 atom stereocenters. The van der Waals surface area contributed by atoms with Gasteiger partial charge in [0, 0.05) is 13.5 Å². The Bertz CT molecular complexity index is 756. The smallest absolute Gasteiger partial charge is 0.243 e. The van der Waals surface area contributed by atoms with Crippen molar-refractivity contribution in [3.05, 3.63) is 17.5 Å². The second kappa shape index (κ2) is 7.52. The number of sulfonamides is 1. The highest BCUT2D eigenvalue weighted by molar-refractivity contribution is 7.88. The van der Waals surface area contributed by atoms with Crippen LogP contribution in [-0.4, -0.2) is 53.2 Å². The quantitative estimate of drug-likeness (QED) is 0.696. The van der Waals surface area contributed by atoms with Crippen LogP contribution in [0.15, 0.2) is 6.07 Å². The number of amides is 2. The van der Waals surface area contributed by atoms with E-state index in [1.807, 2.05) is 13.8 Å². The SMILES string of the molecule is CC(=O)NC(C(=O)NCc1cc2n(n1)CCN(S(C)(=O)=O)C2)C(C)C. The van der Waals surface area contributed by atoms with Crippen LogP contribution in [0, 0.1) is 5.92 Å². The molecule has 1 aromatic heterocycles. The van der Waals surface area contributed by atoms with Crippen molar-refractivity contribution in [2.75, 3.05) is 12.8 Å². The molecule has 10 heteroatoms. The molecular weight excluding hydrogens is 346 g/mol. The maximum Gasteiger partial charge on any atom is 0.243 e. The van der Waals surface area contributed by atoms with E-state index < -0.39 is 16.1 Å². The molecule has 1 aliphatic heterocycles. The Morgan fingerprint density at radius 1 is 1.32 bits per heavy atom. The Balaban J connectivity index is 2.00. The Hall–Kier alpha value is -1.94. The molecule has 0 fully saturated rings. The molecule has 2 N–H and O–H groups in total. The van der Waals surface area contributed by atoms with Crippen LogP contribution in [0.2, 0.25) is 0 Å². The molecule has 0 radical (unpaired) electrons. The molecule has 1 aliphatic rings. The van der Waals surface area contributed by atoms with Crippen molar-refractivity contribution in [1.82, 2.24) is 24.7 Å². The number of carbonyl (C=O) groups excluding carboxylic acids is 2. The lowest BCUT2D eigenvalue weighted by Gasteiger charge is -2.25. The van der Waals surface area contributed by atoms with Crippen LogP contribution in [0.4, 0.5) is 0 Å². The summed E-state index contributed by atoms with van der Waals surface area (Å²) < 4.78 is 26.5. The molecule has 0 aliphatic carbocycles. The summed E-state index contributed by atoms with van der Waals surface area (Å²) in [6.45, 7) is 6.46. The van der Waals surface area contributed by atoms with E-state index in [0.717, 1.165) is 5.69 Å². The highest BCUT2D eigenvalue weighted by atomic mass is 32.2. The van der Waals surface area contributed by atoms with E-state index in [2.05, 4.69) is 15.7 Å². The van der Waals surface area contributed by atoms with E-state index in [-0.39, 0.29) is 30.8 Å². The molecule has 1 aromatic rings. The standard InChI is InChI=1S/C15H25N5O4S/c1-10(2)14(17-11(3)21)15(22)16-8-12-7-13-9-19(25(4,23)24)5-6-20(13)18-12/h7,10,14H,5-6,8-9H2,1-4H3,(H,16,22)(H,17,21). The minimum Gasteiger partial charge on any atom is -0.349 e. The van der Waals surface area contributed by atoms with Gasteiger partial charge in [0.15, 0.2) is 0 Å². The number of hydrogen-bond acceptors (Lipinski definition) is 5. The van der Waals surface area contributed by atoms with E-state index >= 15 is 0 Å². The third-order valence-corrected chi connectivity index (χ3v) is 5.28. The monoisotopic (exact) mass is 371 g/mol. The zero-order chi connectivity index (χ0) is 18.8. The average Bonchev–Trinajstić information content (AvgIpc) is 2.90. The van der Waals surface area contributed by atoms with Gasteiger partial charge in [-0.3, -0.25) is 14.3 Å². The first-order chi connectivity index (χ1) is 11.6. The van der Waals surface area contributed by atoms with E-state index in [1.165, 1.54) is 17.5 Å². The van der Waals surface area contributed by atoms with Gasteiger partial charge >= 0.3 is 0 Å². The minimum atomic E-state index is -3.24. The topological polar surface area (TPSA) is 113 Å². The molecule has 0 spiro atoms. The van der Waals surface area contributed by atoms with Crippen molar-refractivity contribution in [3.8, 4) is 0 Å². The Morgan fingerprint density at radius 3 is 2.56 bits per heavy atom. The van der Waals surface area contributed by atoms with Gasteiger partial charge in [0.2, 0.25) is 21.8 Å². The zero-order valence-corrected chi connectivity index (χ0v) is 15.8. The van der Waals surface area contributed by atoms with Crippen LogP contribution in [-0.2, 0) is 39.2 Å². The lowest BCUT2D eigenvalue weighted by atomic mass is 10.0.